The zero-order chi connectivity index (χ0) is 14.4. The lowest BCUT2D eigenvalue weighted by Gasteiger charge is -2.30. The number of hydrogen-bond acceptors (Lipinski definition) is 3. The Balaban J connectivity index is 1.85. The molecule has 1 aromatic carbocycles. The molecule has 0 amide bonds. The maximum absolute atomic E-state index is 5.29. The Morgan fingerprint density at radius 1 is 1.20 bits per heavy atom. The van der Waals surface area contributed by atoms with Crippen molar-refractivity contribution in [1.29, 1.82) is 0 Å². The quantitative estimate of drug-likeness (QED) is 0.915. The number of benzene rings is 1. The van der Waals surface area contributed by atoms with Crippen LogP contribution in [0.5, 0.6) is 5.75 Å². The van der Waals surface area contributed by atoms with Gasteiger partial charge in [-0.2, -0.15) is 0 Å². The highest BCUT2D eigenvalue weighted by atomic mass is 16.5. The molecule has 2 atom stereocenters. The van der Waals surface area contributed by atoms with Gasteiger partial charge in [0.1, 0.15) is 5.75 Å². The molecule has 0 aromatic heterocycles. The van der Waals surface area contributed by atoms with Gasteiger partial charge in [-0.25, -0.2) is 0 Å². The highest BCUT2D eigenvalue weighted by Crippen LogP contribution is 2.14. The van der Waals surface area contributed by atoms with Gasteiger partial charge < -0.3 is 15.0 Å². The van der Waals surface area contributed by atoms with Crippen LogP contribution in [-0.2, 0) is 6.42 Å². The molecule has 0 radical (unpaired) electrons. The Labute approximate surface area is 123 Å². The molecule has 3 nitrogen and oxygen atoms in total. The maximum Gasteiger partial charge on any atom is 0.119 e. The number of ether oxygens (including phenoxy) is 1. The van der Waals surface area contributed by atoms with E-state index in [1.54, 1.807) is 7.11 Å². The minimum atomic E-state index is 0.629. The molecule has 1 heterocycles. The normalized spacial score (nSPS) is 24.9. The van der Waals surface area contributed by atoms with Crippen LogP contribution in [0.4, 0.5) is 0 Å². The molecule has 1 aromatic rings. The Kier molecular flexibility index (Phi) is 5.86. The van der Waals surface area contributed by atoms with Crippen molar-refractivity contribution in [2.24, 2.45) is 0 Å². The first kappa shape index (κ1) is 15.3. The van der Waals surface area contributed by atoms with Crippen molar-refractivity contribution in [2.45, 2.75) is 45.2 Å². The van der Waals surface area contributed by atoms with Crippen LogP contribution < -0.4 is 10.1 Å². The summed E-state index contributed by atoms with van der Waals surface area (Å²) in [5.74, 6) is 0.960. The first-order valence-corrected chi connectivity index (χ1v) is 7.78. The minimum Gasteiger partial charge on any atom is -0.497 e. The average molecular weight is 276 g/mol. The van der Waals surface area contributed by atoms with E-state index >= 15 is 0 Å². The second-order valence-corrected chi connectivity index (χ2v) is 5.99. The van der Waals surface area contributed by atoms with Crippen LogP contribution in [0.25, 0.3) is 0 Å². The second-order valence-electron chi connectivity index (χ2n) is 5.99. The van der Waals surface area contributed by atoms with E-state index in [1.807, 2.05) is 6.07 Å². The zero-order valence-electron chi connectivity index (χ0n) is 13.1. The molecule has 1 aliphatic heterocycles. The van der Waals surface area contributed by atoms with E-state index in [2.05, 4.69) is 42.3 Å². The summed E-state index contributed by atoms with van der Waals surface area (Å²) >= 11 is 0. The van der Waals surface area contributed by atoms with Crippen LogP contribution in [0.15, 0.2) is 24.3 Å². The third kappa shape index (κ3) is 4.80. The van der Waals surface area contributed by atoms with Crippen molar-refractivity contribution < 1.29 is 4.74 Å². The first-order chi connectivity index (χ1) is 9.67. The standard InChI is InChI=1S/C17H28N2O/c1-14-7-10-19(11-8-15(2)18-14)12-9-16-5-4-6-17(13-16)20-3/h4-6,13-15,18H,7-12H2,1-3H3. The second kappa shape index (κ2) is 7.65. The van der Waals surface area contributed by atoms with Crippen molar-refractivity contribution in [1.82, 2.24) is 10.2 Å². The lowest BCUT2D eigenvalue weighted by atomic mass is 10.1. The highest BCUT2D eigenvalue weighted by Gasteiger charge is 2.15. The predicted octanol–water partition coefficient (Wildman–Crippen LogP) is 2.70. The van der Waals surface area contributed by atoms with Gasteiger partial charge in [0.2, 0.25) is 0 Å². The highest BCUT2D eigenvalue weighted by molar-refractivity contribution is 5.28. The Bertz CT molecular complexity index is 396. The number of hydrogen-bond donors (Lipinski definition) is 1. The molecule has 0 saturated carbocycles. The lowest BCUT2D eigenvalue weighted by Crippen LogP contribution is -2.43. The molecule has 0 spiro atoms. The van der Waals surface area contributed by atoms with Gasteiger partial charge in [0.15, 0.2) is 0 Å². The molecule has 112 valence electrons. The molecule has 0 aliphatic carbocycles. The monoisotopic (exact) mass is 276 g/mol. The minimum absolute atomic E-state index is 0.629. The van der Waals surface area contributed by atoms with E-state index in [0.717, 1.165) is 18.7 Å². The fraction of sp³-hybridized carbons (Fsp3) is 0.647. The SMILES string of the molecule is COc1cccc(CCN2CCC(C)NC(C)CC2)c1. The van der Waals surface area contributed by atoms with Crippen molar-refractivity contribution in [2.75, 3.05) is 26.7 Å². The smallest absolute Gasteiger partial charge is 0.119 e. The summed E-state index contributed by atoms with van der Waals surface area (Å²) < 4.78 is 5.29. The topological polar surface area (TPSA) is 24.5 Å². The van der Waals surface area contributed by atoms with Crippen molar-refractivity contribution in [3.8, 4) is 5.75 Å². The van der Waals surface area contributed by atoms with Crippen LogP contribution in [0.1, 0.15) is 32.3 Å². The largest absolute Gasteiger partial charge is 0.497 e. The third-order valence-electron chi connectivity index (χ3n) is 4.18. The maximum atomic E-state index is 5.29. The Hall–Kier alpha value is -1.06. The Morgan fingerprint density at radius 2 is 1.90 bits per heavy atom. The summed E-state index contributed by atoms with van der Waals surface area (Å²) in [6.07, 6.45) is 3.58. The molecule has 2 unspecified atom stereocenters. The summed E-state index contributed by atoms with van der Waals surface area (Å²) in [5, 5.41) is 3.65. The van der Waals surface area contributed by atoms with E-state index in [1.165, 1.54) is 31.5 Å². The number of nitrogens with one attached hydrogen (secondary N) is 1. The molecule has 1 fully saturated rings. The molecule has 1 N–H and O–H groups in total. The predicted molar refractivity (Wildman–Crippen MR) is 84.4 cm³/mol. The molecule has 1 aliphatic rings. The van der Waals surface area contributed by atoms with Crippen molar-refractivity contribution in [3.63, 3.8) is 0 Å². The van der Waals surface area contributed by atoms with Crippen molar-refractivity contribution >= 4 is 0 Å². The third-order valence-corrected chi connectivity index (χ3v) is 4.18. The van der Waals surface area contributed by atoms with Crippen molar-refractivity contribution in [3.05, 3.63) is 29.8 Å². The summed E-state index contributed by atoms with van der Waals surface area (Å²) in [6, 6.07) is 9.69. The van der Waals surface area contributed by atoms with Gasteiger partial charge in [-0.05, 0) is 63.9 Å². The molecule has 1 saturated heterocycles. The summed E-state index contributed by atoms with van der Waals surface area (Å²) in [7, 11) is 1.73. The van der Waals surface area contributed by atoms with E-state index in [0.29, 0.717) is 12.1 Å². The van der Waals surface area contributed by atoms with Gasteiger partial charge in [0.25, 0.3) is 0 Å². The fourth-order valence-electron chi connectivity index (χ4n) is 2.86. The summed E-state index contributed by atoms with van der Waals surface area (Å²) in [6.45, 7) is 8.13. The Morgan fingerprint density at radius 3 is 2.55 bits per heavy atom. The van der Waals surface area contributed by atoms with E-state index in [9.17, 15) is 0 Å². The molecule has 3 heteroatoms. The van der Waals surface area contributed by atoms with Crippen LogP contribution in [0.3, 0.4) is 0 Å². The van der Waals surface area contributed by atoms with E-state index in [4.69, 9.17) is 4.74 Å². The van der Waals surface area contributed by atoms with Gasteiger partial charge in [-0.3, -0.25) is 0 Å². The number of nitrogens with zero attached hydrogens (tertiary/aromatic N) is 1. The molecule has 0 bridgehead atoms. The van der Waals surface area contributed by atoms with Crippen LogP contribution in [0.2, 0.25) is 0 Å². The molecular weight excluding hydrogens is 248 g/mol. The van der Waals surface area contributed by atoms with Crippen LogP contribution >= 0.6 is 0 Å². The van der Waals surface area contributed by atoms with Gasteiger partial charge in [0, 0.05) is 18.6 Å². The van der Waals surface area contributed by atoms with Gasteiger partial charge in [-0.1, -0.05) is 12.1 Å². The molecule has 20 heavy (non-hydrogen) atoms. The van der Waals surface area contributed by atoms with Gasteiger partial charge in [0.05, 0.1) is 7.11 Å². The van der Waals surface area contributed by atoms with Gasteiger partial charge in [-0.15, -0.1) is 0 Å². The van der Waals surface area contributed by atoms with Crippen LogP contribution in [-0.4, -0.2) is 43.7 Å². The molecular formula is C17H28N2O. The fourth-order valence-corrected chi connectivity index (χ4v) is 2.86. The number of rotatable bonds is 4. The van der Waals surface area contributed by atoms with Gasteiger partial charge >= 0.3 is 0 Å². The lowest BCUT2D eigenvalue weighted by molar-refractivity contribution is 0.221. The van der Waals surface area contributed by atoms with E-state index < -0.39 is 0 Å². The van der Waals surface area contributed by atoms with Crippen LogP contribution in [0, 0.1) is 0 Å². The van der Waals surface area contributed by atoms with E-state index in [-0.39, 0.29) is 0 Å². The average Bonchev–Trinajstić information content (AvgIpc) is 2.45. The summed E-state index contributed by atoms with van der Waals surface area (Å²) in [5.41, 5.74) is 1.37. The zero-order valence-corrected chi connectivity index (χ0v) is 13.1. The number of methoxy groups -OCH3 is 1. The first-order valence-electron chi connectivity index (χ1n) is 7.78. The summed E-state index contributed by atoms with van der Waals surface area (Å²) in [4.78, 5) is 2.60. The molecule has 2 rings (SSSR count).